The van der Waals surface area contributed by atoms with E-state index in [1.54, 1.807) is 6.20 Å². The zero-order chi connectivity index (χ0) is 13.0. The van der Waals surface area contributed by atoms with E-state index in [1.165, 1.54) is 0 Å². The minimum Gasteiger partial charge on any atom is -0.396 e. The molecule has 1 saturated heterocycles. The third-order valence-electron chi connectivity index (χ3n) is 3.38. The molecule has 1 atom stereocenters. The molecule has 18 heavy (non-hydrogen) atoms. The van der Waals surface area contributed by atoms with Gasteiger partial charge in [0.1, 0.15) is 5.82 Å². The molecule has 1 aromatic heterocycles. The SMILES string of the molecule is CCN1CCOC(CNc2nccc(C)c2N)C1. The van der Waals surface area contributed by atoms with Crippen LogP contribution in [-0.2, 0) is 4.74 Å². The second kappa shape index (κ2) is 6.02. The van der Waals surface area contributed by atoms with E-state index in [9.17, 15) is 0 Å². The van der Waals surface area contributed by atoms with Crippen molar-refractivity contribution in [2.45, 2.75) is 20.0 Å². The number of ether oxygens (including phenoxy) is 1. The molecular weight excluding hydrogens is 228 g/mol. The van der Waals surface area contributed by atoms with Gasteiger partial charge in [-0.3, -0.25) is 4.90 Å². The van der Waals surface area contributed by atoms with Crippen LogP contribution in [0.3, 0.4) is 0 Å². The van der Waals surface area contributed by atoms with E-state index in [1.807, 2.05) is 13.0 Å². The lowest BCUT2D eigenvalue weighted by atomic mass is 10.2. The number of nitrogens with two attached hydrogens (primary N) is 1. The summed E-state index contributed by atoms with van der Waals surface area (Å²) >= 11 is 0. The molecule has 1 aliphatic heterocycles. The van der Waals surface area contributed by atoms with E-state index in [4.69, 9.17) is 10.5 Å². The van der Waals surface area contributed by atoms with Crippen LogP contribution >= 0.6 is 0 Å². The second-order valence-corrected chi connectivity index (χ2v) is 4.66. The highest BCUT2D eigenvalue weighted by atomic mass is 16.5. The van der Waals surface area contributed by atoms with Gasteiger partial charge in [0.05, 0.1) is 18.4 Å². The molecule has 2 heterocycles. The Morgan fingerprint density at radius 2 is 2.44 bits per heavy atom. The quantitative estimate of drug-likeness (QED) is 0.838. The van der Waals surface area contributed by atoms with Gasteiger partial charge in [-0.15, -0.1) is 0 Å². The van der Waals surface area contributed by atoms with Gasteiger partial charge in [0.15, 0.2) is 0 Å². The van der Waals surface area contributed by atoms with E-state index < -0.39 is 0 Å². The van der Waals surface area contributed by atoms with E-state index in [0.717, 1.165) is 49.9 Å². The molecule has 1 aromatic rings. The first-order valence-corrected chi connectivity index (χ1v) is 6.49. The molecule has 0 amide bonds. The molecule has 0 bridgehead atoms. The normalized spacial score (nSPS) is 20.9. The molecule has 5 heteroatoms. The number of pyridine rings is 1. The first-order chi connectivity index (χ1) is 8.70. The van der Waals surface area contributed by atoms with Crippen LogP contribution in [0.2, 0.25) is 0 Å². The zero-order valence-corrected chi connectivity index (χ0v) is 11.1. The highest BCUT2D eigenvalue weighted by Gasteiger charge is 2.19. The van der Waals surface area contributed by atoms with Gasteiger partial charge in [0.25, 0.3) is 0 Å². The number of anilines is 2. The number of hydrogen-bond acceptors (Lipinski definition) is 5. The number of hydrogen-bond donors (Lipinski definition) is 2. The molecule has 5 nitrogen and oxygen atoms in total. The Morgan fingerprint density at radius 1 is 1.61 bits per heavy atom. The van der Waals surface area contributed by atoms with E-state index in [0.29, 0.717) is 0 Å². The maximum absolute atomic E-state index is 5.98. The summed E-state index contributed by atoms with van der Waals surface area (Å²) in [5, 5.41) is 3.28. The molecule has 0 saturated carbocycles. The molecule has 1 unspecified atom stereocenters. The minimum absolute atomic E-state index is 0.209. The summed E-state index contributed by atoms with van der Waals surface area (Å²) in [6, 6.07) is 1.91. The van der Waals surface area contributed by atoms with Crippen LogP contribution in [0, 0.1) is 6.92 Å². The van der Waals surface area contributed by atoms with Crippen molar-refractivity contribution in [3.8, 4) is 0 Å². The maximum atomic E-state index is 5.98. The fourth-order valence-electron chi connectivity index (χ4n) is 2.11. The Kier molecular flexibility index (Phi) is 4.38. The van der Waals surface area contributed by atoms with Crippen LogP contribution in [0.15, 0.2) is 12.3 Å². The standard InChI is InChI=1S/C13H22N4O/c1-3-17-6-7-18-11(9-17)8-16-13-12(14)10(2)4-5-15-13/h4-5,11H,3,6-9,14H2,1-2H3,(H,15,16). The minimum atomic E-state index is 0.209. The van der Waals surface area contributed by atoms with Gasteiger partial charge >= 0.3 is 0 Å². The monoisotopic (exact) mass is 250 g/mol. The largest absolute Gasteiger partial charge is 0.396 e. The molecule has 0 radical (unpaired) electrons. The molecular formula is C13H22N4O. The summed E-state index contributed by atoms with van der Waals surface area (Å²) in [4.78, 5) is 6.65. The Labute approximate surface area is 108 Å². The van der Waals surface area contributed by atoms with Crippen molar-refractivity contribution < 1.29 is 4.74 Å². The number of aryl methyl sites for hydroxylation is 1. The van der Waals surface area contributed by atoms with Crippen molar-refractivity contribution in [3.05, 3.63) is 17.8 Å². The first-order valence-electron chi connectivity index (χ1n) is 6.49. The summed E-state index contributed by atoms with van der Waals surface area (Å²) < 4.78 is 5.73. The summed E-state index contributed by atoms with van der Waals surface area (Å²) in [6.45, 7) is 8.78. The molecule has 1 fully saturated rings. The van der Waals surface area contributed by atoms with Crippen LogP contribution in [-0.4, -0.2) is 48.8 Å². The van der Waals surface area contributed by atoms with E-state index in [2.05, 4.69) is 22.1 Å². The van der Waals surface area contributed by atoms with Crippen molar-refractivity contribution >= 4 is 11.5 Å². The van der Waals surface area contributed by atoms with Crippen molar-refractivity contribution in [3.63, 3.8) is 0 Å². The summed E-state index contributed by atoms with van der Waals surface area (Å²) in [5.41, 5.74) is 7.75. The van der Waals surface area contributed by atoms with Crippen molar-refractivity contribution in [1.82, 2.24) is 9.88 Å². The van der Waals surface area contributed by atoms with Gasteiger partial charge in [-0.05, 0) is 25.1 Å². The Balaban J connectivity index is 1.89. The van der Waals surface area contributed by atoms with Crippen LogP contribution in [0.25, 0.3) is 0 Å². The number of aromatic nitrogens is 1. The lowest BCUT2D eigenvalue weighted by molar-refractivity contribution is -0.0192. The predicted octanol–water partition coefficient (Wildman–Crippen LogP) is 1.10. The molecule has 3 N–H and O–H groups in total. The molecule has 0 aliphatic carbocycles. The lowest BCUT2D eigenvalue weighted by Crippen LogP contribution is -2.45. The topological polar surface area (TPSA) is 63.4 Å². The van der Waals surface area contributed by atoms with Crippen molar-refractivity contribution in [2.75, 3.05) is 43.8 Å². The number of morpholine rings is 1. The van der Waals surface area contributed by atoms with Crippen LogP contribution in [0.5, 0.6) is 0 Å². The average Bonchev–Trinajstić information content (AvgIpc) is 2.41. The van der Waals surface area contributed by atoms with Crippen LogP contribution in [0.4, 0.5) is 11.5 Å². The zero-order valence-electron chi connectivity index (χ0n) is 11.1. The lowest BCUT2D eigenvalue weighted by Gasteiger charge is -2.32. The van der Waals surface area contributed by atoms with Gasteiger partial charge in [-0.25, -0.2) is 4.98 Å². The van der Waals surface area contributed by atoms with Gasteiger partial charge in [0, 0.05) is 25.8 Å². The Morgan fingerprint density at radius 3 is 3.22 bits per heavy atom. The van der Waals surface area contributed by atoms with Gasteiger partial charge in [0.2, 0.25) is 0 Å². The predicted molar refractivity (Wildman–Crippen MR) is 73.7 cm³/mol. The van der Waals surface area contributed by atoms with Crippen molar-refractivity contribution in [2.24, 2.45) is 0 Å². The number of nitrogens with one attached hydrogen (secondary N) is 1. The third kappa shape index (κ3) is 3.11. The number of rotatable bonds is 4. The van der Waals surface area contributed by atoms with Crippen molar-refractivity contribution in [1.29, 1.82) is 0 Å². The smallest absolute Gasteiger partial charge is 0.149 e. The number of nitrogen functional groups attached to an aromatic ring is 1. The molecule has 0 aromatic carbocycles. The molecule has 1 aliphatic rings. The van der Waals surface area contributed by atoms with Gasteiger partial charge < -0.3 is 15.8 Å². The van der Waals surface area contributed by atoms with Crippen LogP contribution in [0.1, 0.15) is 12.5 Å². The Hall–Kier alpha value is -1.33. The molecule has 2 rings (SSSR count). The summed E-state index contributed by atoms with van der Waals surface area (Å²) in [6.07, 6.45) is 1.98. The van der Waals surface area contributed by atoms with E-state index in [-0.39, 0.29) is 6.10 Å². The fraction of sp³-hybridized carbons (Fsp3) is 0.615. The second-order valence-electron chi connectivity index (χ2n) is 4.66. The number of likely N-dealkylation sites (N-methyl/N-ethyl adjacent to an activating group) is 1. The van der Waals surface area contributed by atoms with Gasteiger partial charge in [-0.2, -0.15) is 0 Å². The molecule has 0 spiro atoms. The Bertz CT molecular complexity index is 397. The number of nitrogens with zero attached hydrogens (tertiary/aromatic N) is 2. The summed E-state index contributed by atoms with van der Waals surface area (Å²) in [7, 11) is 0. The third-order valence-corrected chi connectivity index (χ3v) is 3.38. The maximum Gasteiger partial charge on any atom is 0.149 e. The molecule has 100 valence electrons. The average molecular weight is 250 g/mol. The fourth-order valence-corrected chi connectivity index (χ4v) is 2.11. The highest BCUT2D eigenvalue weighted by Crippen LogP contribution is 2.18. The van der Waals surface area contributed by atoms with E-state index >= 15 is 0 Å². The summed E-state index contributed by atoms with van der Waals surface area (Å²) in [5.74, 6) is 0.757. The highest BCUT2D eigenvalue weighted by molar-refractivity contribution is 5.64. The van der Waals surface area contributed by atoms with Gasteiger partial charge in [-0.1, -0.05) is 6.92 Å². The first kappa shape index (κ1) is 13.1. The van der Waals surface area contributed by atoms with Crippen LogP contribution < -0.4 is 11.1 Å².